The Morgan fingerprint density at radius 3 is 2.93 bits per heavy atom. The van der Waals surface area contributed by atoms with Gasteiger partial charge in [0.2, 0.25) is 0 Å². The molecule has 3 nitrogen and oxygen atoms in total. The Bertz CT molecular complexity index is 420. The highest BCUT2D eigenvalue weighted by Crippen LogP contribution is 2.30. The lowest BCUT2D eigenvalue weighted by atomic mass is 9.91. The lowest BCUT2D eigenvalue weighted by Gasteiger charge is -2.22. The third-order valence-corrected chi connectivity index (χ3v) is 3.55. The van der Waals surface area contributed by atoms with Gasteiger partial charge >= 0.3 is 0 Å². The summed E-state index contributed by atoms with van der Waals surface area (Å²) in [6.07, 6.45) is 3.84. The molecule has 0 amide bonds. The highest BCUT2D eigenvalue weighted by atomic mass is 16.1. The molecule has 0 atom stereocenters. The van der Waals surface area contributed by atoms with Gasteiger partial charge in [-0.3, -0.25) is 4.79 Å². The van der Waals surface area contributed by atoms with E-state index in [9.17, 15) is 4.79 Å². The van der Waals surface area contributed by atoms with Crippen molar-refractivity contribution in [3.8, 4) is 0 Å². The molecule has 0 unspecified atom stereocenters. The van der Waals surface area contributed by atoms with Crippen molar-refractivity contribution in [2.75, 3.05) is 13.6 Å². The summed E-state index contributed by atoms with van der Waals surface area (Å²) >= 11 is 0. The highest BCUT2D eigenvalue weighted by Gasteiger charge is 2.27. The smallest absolute Gasteiger partial charge is 0.164 e. The summed E-state index contributed by atoms with van der Waals surface area (Å²) in [7, 11) is 2.13. The molecule has 1 aliphatic heterocycles. The molecule has 1 N–H and O–H groups in total. The number of hydrogen-bond acceptors (Lipinski definition) is 2. The van der Waals surface area contributed by atoms with Crippen LogP contribution in [0.4, 0.5) is 0 Å². The summed E-state index contributed by atoms with van der Waals surface area (Å²) in [4.78, 5) is 17.6. The molecular formula is C12H16N2O. The molecule has 2 aliphatic rings. The predicted octanol–water partition coefficient (Wildman–Crippen LogP) is 1.52. The summed E-state index contributed by atoms with van der Waals surface area (Å²) in [6.45, 7) is 2.04. The standard InChI is InChI=1S/C12H16N2O/c1-14-6-5-8-10(7-14)13-9-3-2-4-11(15)12(8)9/h13H,2-7H2,1H3. The lowest BCUT2D eigenvalue weighted by Crippen LogP contribution is -2.27. The second-order valence-electron chi connectivity index (χ2n) is 4.70. The van der Waals surface area contributed by atoms with Crippen LogP contribution in [0.15, 0.2) is 0 Å². The van der Waals surface area contributed by atoms with Gasteiger partial charge in [-0.05, 0) is 31.9 Å². The van der Waals surface area contributed by atoms with Crippen molar-refractivity contribution in [3.05, 3.63) is 22.5 Å². The van der Waals surface area contributed by atoms with Gasteiger partial charge in [0.15, 0.2) is 5.78 Å². The molecule has 15 heavy (non-hydrogen) atoms. The SMILES string of the molecule is CN1CCc2c([nH]c3c2C(=O)CCC3)C1. The fourth-order valence-electron chi connectivity index (χ4n) is 2.79. The van der Waals surface area contributed by atoms with Gasteiger partial charge < -0.3 is 9.88 Å². The van der Waals surface area contributed by atoms with Crippen molar-refractivity contribution >= 4 is 5.78 Å². The van der Waals surface area contributed by atoms with E-state index in [1.807, 2.05) is 0 Å². The zero-order valence-corrected chi connectivity index (χ0v) is 9.10. The predicted molar refractivity (Wildman–Crippen MR) is 58.1 cm³/mol. The maximum atomic E-state index is 11.9. The molecule has 0 fully saturated rings. The molecule has 0 radical (unpaired) electrons. The molecule has 3 rings (SSSR count). The van der Waals surface area contributed by atoms with E-state index in [1.165, 1.54) is 17.0 Å². The molecule has 2 heterocycles. The van der Waals surface area contributed by atoms with Crippen LogP contribution in [0, 0.1) is 0 Å². The number of rotatable bonds is 0. The average molecular weight is 204 g/mol. The van der Waals surface area contributed by atoms with Crippen LogP contribution in [0.5, 0.6) is 0 Å². The minimum Gasteiger partial charge on any atom is -0.360 e. The minimum atomic E-state index is 0.360. The zero-order valence-electron chi connectivity index (χ0n) is 9.10. The molecule has 1 aromatic heterocycles. The lowest BCUT2D eigenvalue weighted by molar-refractivity contribution is 0.0971. The van der Waals surface area contributed by atoms with E-state index in [1.54, 1.807) is 0 Å². The molecule has 0 saturated carbocycles. The summed E-state index contributed by atoms with van der Waals surface area (Å²) in [5, 5.41) is 0. The van der Waals surface area contributed by atoms with Crippen molar-refractivity contribution in [3.63, 3.8) is 0 Å². The second kappa shape index (κ2) is 3.20. The Morgan fingerprint density at radius 2 is 2.07 bits per heavy atom. The molecule has 0 saturated heterocycles. The van der Waals surface area contributed by atoms with Crippen LogP contribution in [0.25, 0.3) is 0 Å². The monoisotopic (exact) mass is 204 g/mol. The molecule has 80 valence electrons. The number of carbonyl (C=O) groups is 1. The average Bonchev–Trinajstić information content (AvgIpc) is 2.56. The van der Waals surface area contributed by atoms with E-state index < -0.39 is 0 Å². The summed E-state index contributed by atoms with van der Waals surface area (Å²) in [6, 6.07) is 0. The quantitative estimate of drug-likeness (QED) is 0.695. The van der Waals surface area contributed by atoms with Crippen LogP contribution in [-0.4, -0.2) is 29.3 Å². The van der Waals surface area contributed by atoms with Crippen LogP contribution in [0.3, 0.4) is 0 Å². The van der Waals surface area contributed by atoms with Gasteiger partial charge in [0.1, 0.15) is 0 Å². The summed E-state index contributed by atoms with van der Waals surface area (Å²) in [5.41, 5.74) is 4.84. The fraction of sp³-hybridized carbons (Fsp3) is 0.583. The molecule has 3 heteroatoms. The van der Waals surface area contributed by atoms with E-state index >= 15 is 0 Å². The highest BCUT2D eigenvalue weighted by molar-refractivity contribution is 6.00. The Kier molecular flexibility index (Phi) is 1.96. The van der Waals surface area contributed by atoms with Gasteiger partial charge in [-0.1, -0.05) is 0 Å². The Labute approximate surface area is 89.5 Å². The molecule has 1 aromatic rings. The van der Waals surface area contributed by atoms with Crippen LogP contribution in [0.2, 0.25) is 0 Å². The van der Waals surface area contributed by atoms with E-state index in [2.05, 4.69) is 16.9 Å². The van der Waals surface area contributed by atoms with E-state index in [-0.39, 0.29) is 0 Å². The molecule has 0 spiro atoms. The van der Waals surface area contributed by atoms with Crippen LogP contribution >= 0.6 is 0 Å². The number of hydrogen-bond donors (Lipinski definition) is 1. The maximum absolute atomic E-state index is 11.9. The van der Waals surface area contributed by atoms with Gasteiger partial charge in [-0.2, -0.15) is 0 Å². The molecule has 0 bridgehead atoms. The topological polar surface area (TPSA) is 36.1 Å². The van der Waals surface area contributed by atoms with Crippen molar-refractivity contribution < 1.29 is 4.79 Å². The number of aryl methyl sites for hydroxylation is 1. The number of Topliss-reactive ketones (excluding diaryl/α,β-unsaturated/α-hetero) is 1. The maximum Gasteiger partial charge on any atom is 0.164 e. The van der Waals surface area contributed by atoms with E-state index in [0.29, 0.717) is 5.78 Å². The van der Waals surface area contributed by atoms with Crippen molar-refractivity contribution in [2.24, 2.45) is 0 Å². The van der Waals surface area contributed by atoms with E-state index in [4.69, 9.17) is 0 Å². The first-order chi connectivity index (χ1) is 7.25. The number of likely N-dealkylation sites (N-methyl/N-ethyl adjacent to an activating group) is 1. The van der Waals surface area contributed by atoms with Gasteiger partial charge in [0, 0.05) is 36.5 Å². The first-order valence-corrected chi connectivity index (χ1v) is 5.70. The van der Waals surface area contributed by atoms with E-state index in [0.717, 1.165) is 44.3 Å². The third-order valence-electron chi connectivity index (χ3n) is 3.55. The third kappa shape index (κ3) is 1.34. The number of nitrogens with one attached hydrogen (secondary N) is 1. The fourth-order valence-corrected chi connectivity index (χ4v) is 2.79. The number of aromatic amines is 1. The Hall–Kier alpha value is -1.09. The first-order valence-electron chi connectivity index (χ1n) is 5.70. The van der Waals surface area contributed by atoms with Crippen molar-refractivity contribution in [1.29, 1.82) is 0 Å². The zero-order chi connectivity index (χ0) is 10.4. The Balaban J connectivity index is 2.11. The van der Waals surface area contributed by atoms with Gasteiger partial charge in [0.05, 0.1) is 0 Å². The van der Waals surface area contributed by atoms with Crippen molar-refractivity contribution in [2.45, 2.75) is 32.2 Å². The van der Waals surface area contributed by atoms with Crippen LogP contribution in [0.1, 0.15) is 40.2 Å². The van der Waals surface area contributed by atoms with Gasteiger partial charge in [-0.25, -0.2) is 0 Å². The van der Waals surface area contributed by atoms with Gasteiger partial charge in [-0.15, -0.1) is 0 Å². The number of carbonyl (C=O) groups excluding carboxylic acids is 1. The Morgan fingerprint density at radius 1 is 1.20 bits per heavy atom. The first kappa shape index (κ1) is 9.16. The molecule has 1 aliphatic carbocycles. The molecule has 0 aromatic carbocycles. The largest absolute Gasteiger partial charge is 0.360 e. The number of fused-ring (bicyclic) bond motifs is 3. The summed E-state index contributed by atoms with van der Waals surface area (Å²) in [5.74, 6) is 0.360. The second-order valence-corrected chi connectivity index (χ2v) is 4.70. The number of aromatic nitrogens is 1. The van der Waals surface area contributed by atoms with Crippen LogP contribution < -0.4 is 0 Å². The molecular weight excluding hydrogens is 188 g/mol. The van der Waals surface area contributed by atoms with Gasteiger partial charge in [0.25, 0.3) is 0 Å². The normalized spacial score (nSPS) is 21.3. The number of H-pyrrole nitrogens is 1. The minimum absolute atomic E-state index is 0.360. The number of nitrogens with zero attached hydrogens (tertiary/aromatic N) is 1. The van der Waals surface area contributed by atoms with Crippen molar-refractivity contribution in [1.82, 2.24) is 9.88 Å². The number of ketones is 1. The van der Waals surface area contributed by atoms with Crippen LogP contribution in [-0.2, 0) is 19.4 Å². The summed E-state index contributed by atoms with van der Waals surface area (Å²) < 4.78 is 0.